The number of para-hydroxylation sites is 1. The fourth-order valence-corrected chi connectivity index (χ4v) is 8.88. The van der Waals surface area contributed by atoms with Crippen molar-refractivity contribution in [2.24, 2.45) is 34.5 Å². The van der Waals surface area contributed by atoms with Crippen molar-refractivity contribution in [1.29, 1.82) is 0 Å². The standard InChI is InChI=1S/C27H41NO/c1-25(29)16-17-26(2)19(18-25)10-11-21-22-12-13-24(27(22,3)15-14-23(21)26)28(4)20-8-6-5-7-9-20/h5-9,19,21-24,29H,10-18H2,1-4H3/t19-,21-,22-,23-,24-,25+,26-,27-/m0/s1. The average molecular weight is 396 g/mol. The zero-order valence-corrected chi connectivity index (χ0v) is 19.0. The van der Waals surface area contributed by atoms with Crippen LogP contribution in [0.4, 0.5) is 5.69 Å². The van der Waals surface area contributed by atoms with Crippen molar-refractivity contribution in [3.8, 4) is 0 Å². The number of hydrogen-bond donors (Lipinski definition) is 1. The van der Waals surface area contributed by atoms with Gasteiger partial charge in [0.05, 0.1) is 5.60 Å². The molecule has 160 valence electrons. The number of fused-ring (bicyclic) bond motifs is 5. The summed E-state index contributed by atoms with van der Waals surface area (Å²) in [5.74, 6) is 3.42. The summed E-state index contributed by atoms with van der Waals surface area (Å²) >= 11 is 0. The summed E-state index contributed by atoms with van der Waals surface area (Å²) in [5, 5.41) is 10.7. The molecule has 1 aromatic carbocycles. The van der Waals surface area contributed by atoms with E-state index in [9.17, 15) is 5.11 Å². The second kappa shape index (κ2) is 6.74. The van der Waals surface area contributed by atoms with Gasteiger partial charge in [0.25, 0.3) is 0 Å². The first kappa shape index (κ1) is 19.9. The van der Waals surface area contributed by atoms with E-state index in [1.54, 1.807) is 0 Å². The number of benzene rings is 1. The van der Waals surface area contributed by atoms with Gasteiger partial charge in [-0.25, -0.2) is 0 Å². The number of rotatable bonds is 2. The Labute approximate surface area is 178 Å². The summed E-state index contributed by atoms with van der Waals surface area (Å²) in [5.41, 5.74) is 1.88. The fourth-order valence-electron chi connectivity index (χ4n) is 8.88. The molecule has 0 heterocycles. The predicted molar refractivity (Wildman–Crippen MR) is 121 cm³/mol. The van der Waals surface area contributed by atoms with Crippen LogP contribution in [0.2, 0.25) is 0 Å². The Morgan fingerprint density at radius 3 is 2.31 bits per heavy atom. The number of aliphatic hydroxyl groups is 1. The van der Waals surface area contributed by atoms with Gasteiger partial charge in [0, 0.05) is 18.8 Å². The van der Waals surface area contributed by atoms with Crippen molar-refractivity contribution in [1.82, 2.24) is 0 Å². The number of hydrogen-bond acceptors (Lipinski definition) is 2. The SMILES string of the molecule is CN(c1ccccc1)[C@H]1CC[C@H]2[C@@H]3CC[C@H]4C[C@](C)(O)CC[C@]4(C)[C@H]3CC[C@]12C. The van der Waals surface area contributed by atoms with Crippen molar-refractivity contribution in [3.63, 3.8) is 0 Å². The lowest BCUT2D eigenvalue weighted by atomic mass is 9.44. The van der Waals surface area contributed by atoms with E-state index in [2.05, 4.69) is 63.1 Å². The molecule has 0 amide bonds. The van der Waals surface area contributed by atoms with E-state index in [0.717, 1.165) is 36.5 Å². The van der Waals surface area contributed by atoms with Crippen molar-refractivity contribution in [2.75, 3.05) is 11.9 Å². The van der Waals surface area contributed by atoms with Crippen LogP contribution in [0.1, 0.15) is 78.6 Å². The van der Waals surface area contributed by atoms with E-state index in [1.165, 1.54) is 50.6 Å². The van der Waals surface area contributed by atoms with Crippen LogP contribution in [-0.4, -0.2) is 23.8 Å². The first-order valence-electron chi connectivity index (χ1n) is 12.2. The van der Waals surface area contributed by atoms with Gasteiger partial charge in [0.15, 0.2) is 0 Å². The summed E-state index contributed by atoms with van der Waals surface area (Å²) in [7, 11) is 2.33. The molecule has 4 aliphatic carbocycles. The second-order valence-corrected chi connectivity index (χ2v) is 11.9. The molecular formula is C27H41NO. The lowest BCUT2D eigenvalue weighted by molar-refractivity contribution is -0.143. The Balaban J connectivity index is 1.39. The topological polar surface area (TPSA) is 23.5 Å². The third-order valence-corrected chi connectivity index (χ3v) is 10.5. The van der Waals surface area contributed by atoms with E-state index in [0.29, 0.717) is 16.9 Å². The minimum atomic E-state index is -0.420. The van der Waals surface area contributed by atoms with Crippen molar-refractivity contribution in [3.05, 3.63) is 30.3 Å². The van der Waals surface area contributed by atoms with Crippen LogP contribution in [0, 0.1) is 34.5 Å². The summed E-state index contributed by atoms with van der Waals surface area (Å²) in [6.45, 7) is 7.32. The predicted octanol–water partition coefficient (Wildman–Crippen LogP) is 6.29. The van der Waals surface area contributed by atoms with Gasteiger partial charge in [-0.1, -0.05) is 32.0 Å². The molecule has 0 unspecified atom stereocenters. The Bertz CT molecular complexity index is 744. The van der Waals surface area contributed by atoms with Gasteiger partial charge in [-0.3, -0.25) is 0 Å². The fraction of sp³-hybridized carbons (Fsp3) is 0.778. The molecule has 4 saturated carbocycles. The molecule has 1 N–H and O–H groups in total. The van der Waals surface area contributed by atoms with Gasteiger partial charge in [-0.05, 0) is 111 Å². The summed E-state index contributed by atoms with van der Waals surface area (Å²) in [6, 6.07) is 11.7. The molecule has 0 bridgehead atoms. The highest BCUT2D eigenvalue weighted by Gasteiger charge is 2.61. The molecule has 2 nitrogen and oxygen atoms in total. The highest BCUT2D eigenvalue weighted by Crippen LogP contribution is 2.67. The Kier molecular flexibility index (Phi) is 4.63. The molecule has 4 aliphatic rings. The molecule has 0 spiro atoms. The molecule has 0 aromatic heterocycles. The quantitative estimate of drug-likeness (QED) is 0.636. The van der Waals surface area contributed by atoms with Gasteiger partial charge in [-0.2, -0.15) is 0 Å². The first-order chi connectivity index (χ1) is 13.7. The number of nitrogens with zero attached hydrogens (tertiary/aromatic N) is 1. The summed E-state index contributed by atoms with van der Waals surface area (Å²) in [6.07, 6.45) is 11.6. The second-order valence-electron chi connectivity index (χ2n) is 11.9. The third kappa shape index (κ3) is 2.99. The molecule has 4 fully saturated rings. The molecule has 0 aliphatic heterocycles. The van der Waals surface area contributed by atoms with Gasteiger partial charge in [0.1, 0.15) is 0 Å². The van der Waals surface area contributed by atoms with E-state index in [-0.39, 0.29) is 0 Å². The molecule has 1 aromatic rings. The van der Waals surface area contributed by atoms with Crippen LogP contribution in [0.5, 0.6) is 0 Å². The van der Waals surface area contributed by atoms with E-state index >= 15 is 0 Å². The zero-order valence-electron chi connectivity index (χ0n) is 19.0. The third-order valence-electron chi connectivity index (χ3n) is 10.5. The minimum Gasteiger partial charge on any atom is -0.390 e. The van der Waals surface area contributed by atoms with Crippen LogP contribution in [0.3, 0.4) is 0 Å². The highest BCUT2D eigenvalue weighted by atomic mass is 16.3. The lowest BCUT2D eigenvalue weighted by Crippen LogP contribution is -2.57. The smallest absolute Gasteiger partial charge is 0.0622 e. The summed E-state index contributed by atoms with van der Waals surface area (Å²) in [4.78, 5) is 2.60. The molecule has 0 saturated heterocycles. The van der Waals surface area contributed by atoms with E-state index < -0.39 is 5.60 Å². The van der Waals surface area contributed by atoms with Gasteiger partial charge in [0.2, 0.25) is 0 Å². The van der Waals surface area contributed by atoms with Crippen LogP contribution in [-0.2, 0) is 0 Å². The molecular weight excluding hydrogens is 354 g/mol. The summed E-state index contributed by atoms with van der Waals surface area (Å²) < 4.78 is 0. The van der Waals surface area contributed by atoms with Crippen molar-refractivity contribution >= 4 is 5.69 Å². The largest absolute Gasteiger partial charge is 0.390 e. The highest BCUT2D eigenvalue weighted by molar-refractivity contribution is 5.47. The minimum absolute atomic E-state index is 0.420. The molecule has 29 heavy (non-hydrogen) atoms. The first-order valence-corrected chi connectivity index (χ1v) is 12.2. The Hall–Kier alpha value is -1.02. The maximum Gasteiger partial charge on any atom is 0.0622 e. The maximum absolute atomic E-state index is 10.7. The van der Waals surface area contributed by atoms with Crippen molar-refractivity contribution in [2.45, 2.75) is 90.2 Å². The van der Waals surface area contributed by atoms with E-state index in [1.807, 2.05) is 0 Å². The Morgan fingerprint density at radius 2 is 1.55 bits per heavy atom. The Morgan fingerprint density at radius 1 is 0.828 bits per heavy atom. The number of anilines is 1. The van der Waals surface area contributed by atoms with Gasteiger partial charge < -0.3 is 10.0 Å². The van der Waals surface area contributed by atoms with Crippen LogP contribution < -0.4 is 4.90 Å². The average Bonchev–Trinajstić information content (AvgIpc) is 3.06. The zero-order chi connectivity index (χ0) is 20.4. The molecule has 8 atom stereocenters. The van der Waals surface area contributed by atoms with Crippen LogP contribution >= 0.6 is 0 Å². The maximum atomic E-state index is 10.7. The van der Waals surface area contributed by atoms with Crippen molar-refractivity contribution < 1.29 is 5.11 Å². The normalized spacial score (nSPS) is 49.1. The van der Waals surface area contributed by atoms with Crippen LogP contribution in [0.25, 0.3) is 0 Å². The molecule has 2 heteroatoms. The molecule has 5 rings (SSSR count). The van der Waals surface area contributed by atoms with E-state index in [4.69, 9.17) is 0 Å². The lowest BCUT2D eigenvalue weighted by Gasteiger charge is -2.62. The van der Waals surface area contributed by atoms with Crippen LogP contribution in [0.15, 0.2) is 30.3 Å². The van der Waals surface area contributed by atoms with Gasteiger partial charge in [-0.15, -0.1) is 0 Å². The van der Waals surface area contributed by atoms with Gasteiger partial charge >= 0.3 is 0 Å². The molecule has 0 radical (unpaired) electrons. The monoisotopic (exact) mass is 395 g/mol.